The molecule has 0 saturated heterocycles. The summed E-state index contributed by atoms with van der Waals surface area (Å²) < 4.78 is 27.0. The van der Waals surface area contributed by atoms with E-state index in [-0.39, 0.29) is 11.6 Å². The van der Waals surface area contributed by atoms with E-state index in [4.69, 9.17) is 0 Å². The molecule has 2 aromatic heterocycles. The van der Waals surface area contributed by atoms with Crippen LogP contribution in [0.15, 0.2) is 17.4 Å². The Bertz CT molecular complexity index is 660. The highest BCUT2D eigenvalue weighted by molar-refractivity contribution is 7.89. The number of rotatable bonds is 7. The Kier molecular flexibility index (Phi) is 4.53. The minimum Gasteiger partial charge on any atom is -0.313 e. The van der Waals surface area contributed by atoms with E-state index in [0.717, 1.165) is 17.8 Å². The van der Waals surface area contributed by atoms with E-state index in [1.807, 2.05) is 13.8 Å². The molecule has 4 N–H and O–H groups in total. The van der Waals surface area contributed by atoms with Crippen molar-refractivity contribution in [2.24, 2.45) is 0 Å². The third kappa shape index (κ3) is 3.24. The zero-order chi connectivity index (χ0) is 14.6. The highest BCUT2D eigenvalue weighted by atomic mass is 32.2. The van der Waals surface area contributed by atoms with E-state index in [9.17, 15) is 8.42 Å². The van der Waals surface area contributed by atoms with Crippen LogP contribution in [0.4, 0.5) is 0 Å². The SMILES string of the molecule is CCNCc1cn[nH]c1S(=O)(=O)NCc1cn[nH]c1C. The van der Waals surface area contributed by atoms with Crippen LogP contribution in [-0.2, 0) is 23.1 Å². The lowest BCUT2D eigenvalue weighted by Gasteiger charge is -2.07. The van der Waals surface area contributed by atoms with Crippen molar-refractivity contribution in [2.75, 3.05) is 6.54 Å². The first-order valence-electron chi connectivity index (χ1n) is 6.26. The largest absolute Gasteiger partial charge is 0.313 e. The maximum Gasteiger partial charge on any atom is 0.258 e. The molecule has 9 heteroatoms. The predicted octanol–water partition coefficient (Wildman–Crippen LogP) is 0.0292. The highest BCUT2D eigenvalue weighted by Gasteiger charge is 2.20. The van der Waals surface area contributed by atoms with E-state index in [1.54, 1.807) is 6.20 Å². The van der Waals surface area contributed by atoms with Crippen LogP contribution in [0.1, 0.15) is 23.7 Å². The van der Waals surface area contributed by atoms with Crippen LogP contribution in [-0.4, -0.2) is 35.4 Å². The van der Waals surface area contributed by atoms with E-state index >= 15 is 0 Å². The van der Waals surface area contributed by atoms with Gasteiger partial charge in [-0.2, -0.15) is 10.2 Å². The van der Waals surface area contributed by atoms with E-state index < -0.39 is 10.0 Å². The summed E-state index contributed by atoms with van der Waals surface area (Å²) in [4.78, 5) is 0. The van der Waals surface area contributed by atoms with Crippen LogP contribution in [0.25, 0.3) is 0 Å². The van der Waals surface area contributed by atoms with Crippen LogP contribution < -0.4 is 10.0 Å². The van der Waals surface area contributed by atoms with Gasteiger partial charge in [0.25, 0.3) is 10.0 Å². The van der Waals surface area contributed by atoms with Crippen LogP contribution in [0.3, 0.4) is 0 Å². The van der Waals surface area contributed by atoms with Crippen LogP contribution >= 0.6 is 0 Å². The molecule has 0 unspecified atom stereocenters. The minimum atomic E-state index is -3.62. The van der Waals surface area contributed by atoms with E-state index in [1.165, 1.54) is 6.20 Å². The Balaban J connectivity index is 2.10. The molecule has 0 spiro atoms. The second-order valence-electron chi connectivity index (χ2n) is 4.35. The standard InChI is InChI=1S/C11H18N6O2S/c1-3-12-4-10-6-14-17-11(10)20(18,19)15-7-9-5-13-16-8(9)2/h5-6,12,15H,3-4,7H2,1-2H3,(H,13,16)(H,14,17). The Morgan fingerprint density at radius 2 is 1.85 bits per heavy atom. The van der Waals surface area contributed by atoms with Crippen molar-refractivity contribution in [1.82, 2.24) is 30.4 Å². The van der Waals surface area contributed by atoms with Gasteiger partial charge in [0.1, 0.15) is 0 Å². The first-order valence-corrected chi connectivity index (χ1v) is 7.74. The molecule has 0 aliphatic carbocycles. The smallest absolute Gasteiger partial charge is 0.258 e. The maximum atomic E-state index is 12.2. The Labute approximate surface area is 117 Å². The summed E-state index contributed by atoms with van der Waals surface area (Å²) >= 11 is 0. The molecular weight excluding hydrogens is 280 g/mol. The van der Waals surface area contributed by atoms with Gasteiger partial charge in [0.15, 0.2) is 5.03 Å². The van der Waals surface area contributed by atoms with Gasteiger partial charge < -0.3 is 5.32 Å². The van der Waals surface area contributed by atoms with E-state index in [0.29, 0.717) is 12.1 Å². The van der Waals surface area contributed by atoms with Gasteiger partial charge in [-0.1, -0.05) is 6.92 Å². The number of hydrogen-bond acceptors (Lipinski definition) is 5. The zero-order valence-electron chi connectivity index (χ0n) is 11.4. The first-order chi connectivity index (χ1) is 9.54. The quantitative estimate of drug-likeness (QED) is 0.575. The second kappa shape index (κ2) is 6.16. The Morgan fingerprint density at radius 3 is 2.50 bits per heavy atom. The fourth-order valence-electron chi connectivity index (χ4n) is 1.72. The third-order valence-electron chi connectivity index (χ3n) is 2.90. The summed E-state index contributed by atoms with van der Waals surface area (Å²) in [5.74, 6) is 0. The molecule has 0 aliphatic heterocycles. The van der Waals surface area contributed by atoms with Crippen molar-refractivity contribution in [3.63, 3.8) is 0 Å². The van der Waals surface area contributed by atoms with Gasteiger partial charge >= 0.3 is 0 Å². The van der Waals surface area contributed by atoms with Crippen molar-refractivity contribution in [1.29, 1.82) is 0 Å². The lowest BCUT2D eigenvalue weighted by atomic mass is 10.3. The van der Waals surface area contributed by atoms with Gasteiger partial charge in [-0.05, 0) is 13.5 Å². The molecule has 0 atom stereocenters. The molecule has 8 nitrogen and oxygen atoms in total. The summed E-state index contributed by atoms with van der Waals surface area (Å²) in [7, 11) is -3.62. The van der Waals surface area contributed by atoms with Crippen LogP contribution in [0, 0.1) is 6.92 Å². The molecule has 2 heterocycles. The fraction of sp³-hybridized carbons (Fsp3) is 0.455. The second-order valence-corrected chi connectivity index (χ2v) is 6.05. The molecule has 110 valence electrons. The van der Waals surface area contributed by atoms with Crippen LogP contribution in [0.5, 0.6) is 0 Å². The number of sulfonamides is 1. The Hall–Kier alpha value is -1.71. The molecule has 0 aromatic carbocycles. The van der Waals surface area contributed by atoms with Gasteiger partial charge in [-0.25, -0.2) is 13.1 Å². The molecule has 2 aromatic rings. The fourth-order valence-corrected chi connectivity index (χ4v) is 2.85. The van der Waals surface area contributed by atoms with Crippen molar-refractivity contribution < 1.29 is 8.42 Å². The average Bonchev–Trinajstić information content (AvgIpc) is 3.03. The number of aryl methyl sites for hydroxylation is 1. The third-order valence-corrected chi connectivity index (χ3v) is 4.31. The molecule has 0 bridgehead atoms. The zero-order valence-corrected chi connectivity index (χ0v) is 12.2. The van der Waals surface area contributed by atoms with Gasteiger partial charge in [0.2, 0.25) is 0 Å². The molecule has 0 fully saturated rings. The topological polar surface area (TPSA) is 116 Å². The highest BCUT2D eigenvalue weighted by Crippen LogP contribution is 2.12. The normalized spacial score (nSPS) is 11.9. The molecule has 0 saturated carbocycles. The number of aromatic nitrogens is 4. The summed E-state index contributed by atoms with van der Waals surface area (Å²) in [6, 6.07) is 0. The number of hydrogen-bond donors (Lipinski definition) is 4. The maximum absolute atomic E-state index is 12.2. The summed E-state index contributed by atoms with van der Waals surface area (Å²) in [6.45, 7) is 5.18. The van der Waals surface area contributed by atoms with Crippen LogP contribution in [0.2, 0.25) is 0 Å². The molecule has 0 amide bonds. The van der Waals surface area contributed by atoms with Gasteiger partial charge in [0.05, 0.1) is 12.4 Å². The number of nitrogens with one attached hydrogen (secondary N) is 4. The lowest BCUT2D eigenvalue weighted by molar-refractivity contribution is 0.574. The average molecular weight is 298 g/mol. The van der Waals surface area contributed by atoms with Crippen molar-refractivity contribution >= 4 is 10.0 Å². The molecular formula is C11H18N6O2S. The summed E-state index contributed by atoms with van der Waals surface area (Å²) in [6.07, 6.45) is 3.12. The minimum absolute atomic E-state index is 0.0968. The Morgan fingerprint density at radius 1 is 1.15 bits per heavy atom. The van der Waals surface area contributed by atoms with Crippen molar-refractivity contribution in [2.45, 2.75) is 32.0 Å². The van der Waals surface area contributed by atoms with Gasteiger partial charge in [-0.3, -0.25) is 10.2 Å². The number of nitrogens with zero attached hydrogens (tertiary/aromatic N) is 2. The summed E-state index contributed by atoms with van der Waals surface area (Å²) in [5.41, 5.74) is 2.26. The van der Waals surface area contributed by atoms with Crippen molar-refractivity contribution in [3.8, 4) is 0 Å². The van der Waals surface area contributed by atoms with Crippen molar-refractivity contribution in [3.05, 3.63) is 29.2 Å². The number of aromatic amines is 2. The van der Waals surface area contributed by atoms with E-state index in [2.05, 4.69) is 30.4 Å². The molecule has 2 rings (SSSR count). The lowest BCUT2D eigenvalue weighted by Crippen LogP contribution is -2.25. The monoisotopic (exact) mass is 298 g/mol. The van der Waals surface area contributed by atoms with Gasteiger partial charge in [-0.15, -0.1) is 0 Å². The van der Waals surface area contributed by atoms with Gasteiger partial charge in [0, 0.05) is 29.9 Å². The first kappa shape index (κ1) is 14.7. The predicted molar refractivity (Wildman–Crippen MR) is 73.3 cm³/mol. The molecule has 0 radical (unpaired) electrons. The molecule has 20 heavy (non-hydrogen) atoms. The number of H-pyrrole nitrogens is 2. The summed E-state index contributed by atoms with van der Waals surface area (Å²) in [5, 5.41) is 16.1. The molecule has 0 aliphatic rings.